The van der Waals surface area contributed by atoms with E-state index in [0.717, 1.165) is 6.07 Å². The number of carboxylic acids is 1. The molecule has 0 aliphatic rings. The van der Waals surface area contributed by atoms with E-state index in [1.807, 2.05) is 0 Å². The van der Waals surface area contributed by atoms with Crippen molar-refractivity contribution < 1.29 is 24.1 Å². The predicted octanol–water partition coefficient (Wildman–Crippen LogP) is 1.82. The Bertz CT molecular complexity index is 406. The van der Waals surface area contributed by atoms with Crippen molar-refractivity contribution in [1.29, 1.82) is 0 Å². The van der Waals surface area contributed by atoms with E-state index in [1.165, 1.54) is 7.11 Å². The second-order valence-corrected chi connectivity index (χ2v) is 3.15. The monoisotopic (exact) mass is 234 g/mol. The molecule has 0 saturated heterocycles. The summed E-state index contributed by atoms with van der Waals surface area (Å²) >= 11 is 5.56. The zero-order chi connectivity index (χ0) is 11.6. The van der Waals surface area contributed by atoms with E-state index in [-0.39, 0.29) is 16.3 Å². The van der Waals surface area contributed by atoms with Gasteiger partial charge in [0.25, 0.3) is 0 Å². The molecule has 0 spiro atoms. The fraction of sp³-hybridized carbons (Fsp3) is 0.222. The summed E-state index contributed by atoms with van der Waals surface area (Å²) in [5, 5.41) is 17.5. The van der Waals surface area contributed by atoms with Crippen LogP contribution in [-0.2, 0) is 11.2 Å². The minimum atomic E-state index is -1.25. The van der Waals surface area contributed by atoms with Gasteiger partial charge in [-0.25, -0.2) is 4.39 Å². The van der Waals surface area contributed by atoms with Gasteiger partial charge in [-0.2, -0.15) is 0 Å². The van der Waals surface area contributed by atoms with Crippen molar-refractivity contribution in [2.75, 3.05) is 7.11 Å². The Hall–Kier alpha value is -1.49. The number of benzene rings is 1. The molecule has 0 atom stereocenters. The summed E-state index contributed by atoms with van der Waals surface area (Å²) < 4.78 is 18.1. The number of phenolic OH excluding ortho intramolecular Hbond substituents is 1. The van der Waals surface area contributed by atoms with Gasteiger partial charge in [0.2, 0.25) is 0 Å². The lowest BCUT2D eigenvalue weighted by molar-refractivity contribution is -0.136. The smallest absolute Gasteiger partial charge is 0.307 e. The van der Waals surface area contributed by atoms with E-state index in [2.05, 4.69) is 4.74 Å². The van der Waals surface area contributed by atoms with E-state index in [0.29, 0.717) is 0 Å². The first-order valence-corrected chi connectivity index (χ1v) is 4.30. The summed E-state index contributed by atoms with van der Waals surface area (Å²) in [4.78, 5) is 10.4. The summed E-state index contributed by atoms with van der Waals surface area (Å²) in [6.07, 6.45) is -0.616. The Labute approximate surface area is 89.9 Å². The van der Waals surface area contributed by atoms with E-state index in [4.69, 9.17) is 16.7 Å². The minimum absolute atomic E-state index is 0.242. The summed E-state index contributed by atoms with van der Waals surface area (Å²) in [6, 6.07) is 0.989. The first-order valence-electron chi connectivity index (χ1n) is 3.93. The van der Waals surface area contributed by atoms with Crippen LogP contribution in [0.1, 0.15) is 5.56 Å². The lowest BCUT2D eigenvalue weighted by atomic mass is 10.1. The number of hydrogen-bond acceptors (Lipinski definition) is 3. The van der Waals surface area contributed by atoms with Crippen LogP contribution >= 0.6 is 11.6 Å². The van der Waals surface area contributed by atoms with Gasteiger partial charge in [0, 0.05) is 11.6 Å². The molecule has 1 aromatic carbocycles. The second-order valence-electron chi connectivity index (χ2n) is 2.77. The molecule has 0 aliphatic heterocycles. The van der Waals surface area contributed by atoms with Gasteiger partial charge < -0.3 is 14.9 Å². The van der Waals surface area contributed by atoms with E-state index >= 15 is 0 Å². The topological polar surface area (TPSA) is 66.8 Å². The van der Waals surface area contributed by atoms with Crippen molar-refractivity contribution >= 4 is 17.6 Å². The van der Waals surface area contributed by atoms with Crippen LogP contribution in [0.4, 0.5) is 4.39 Å². The molecule has 82 valence electrons. The van der Waals surface area contributed by atoms with Crippen molar-refractivity contribution in [3.05, 3.63) is 22.5 Å². The quantitative estimate of drug-likeness (QED) is 0.837. The number of carbonyl (C=O) groups is 1. The van der Waals surface area contributed by atoms with Gasteiger partial charge >= 0.3 is 5.97 Å². The third kappa shape index (κ3) is 2.30. The SMILES string of the molecule is COc1cc(O)c(Cl)c(CC(=O)O)c1F. The van der Waals surface area contributed by atoms with Gasteiger partial charge in [-0.3, -0.25) is 4.79 Å². The maximum absolute atomic E-state index is 13.5. The van der Waals surface area contributed by atoms with Gasteiger partial charge in [0.1, 0.15) is 5.75 Å². The molecular formula is C9H8ClFO4. The summed E-state index contributed by atoms with van der Waals surface area (Å²) in [5.74, 6) is -2.77. The average Bonchev–Trinajstić information content (AvgIpc) is 2.18. The number of ether oxygens (including phenoxy) is 1. The van der Waals surface area contributed by atoms with Gasteiger partial charge in [-0.05, 0) is 0 Å². The molecule has 4 nitrogen and oxygen atoms in total. The zero-order valence-electron chi connectivity index (χ0n) is 7.75. The number of phenols is 1. The highest BCUT2D eigenvalue weighted by molar-refractivity contribution is 6.33. The largest absolute Gasteiger partial charge is 0.506 e. The van der Waals surface area contributed by atoms with Crippen molar-refractivity contribution in [2.45, 2.75) is 6.42 Å². The fourth-order valence-corrected chi connectivity index (χ4v) is 1.31. The standard InChI is InChI=1S/C9H8ClFO4/c1-15-6-3-5(12)8(10)4(9(6)11)2-7(13)14/h3,12H,2H2,1H3,(H,13,14). The van der Waals surface area contributed by atoms with Crippen LogP contribution in [0.5, 0.6) is 11.5 Å². The number of rotatable bonds is 3. The van der Waals surface area contributed by atoms with Crippen molar-refractivity contribution in [1.82, 2.24) is 0 Å². The fourth-order valence-electron chi connectivity index (χ4n) is 1.11. The molecule has 0 fully saturated rings. The Morgan fingerprint density at radius 2 is 2.27 bits per heavy atom. The predicted molar refractivity (Wildman–Crippen MR) is 51.0 cm³/mol. The number of halogens is 2. The van der Waals surface area contributed by atoms with Crippen LogP contribution in [0.15, 0.2) is 6.07 Å². The number of hydrogen-bond donors (Lipinski definition) is 2. The highest BCUT2D eigenvalue weighted by atomic mass is 35.5. The summed E-state index contributed by atoms with van der Waals surface area (Å²) in [7, 11) is 1.20. The number of aromatic hydroxyl groups is 1. The maximum Gasteiger partial charge on any atom is 0.307 e. The molecule has 0 amide bonds. The summed E-state index contributed by atoms with van der Waals surface area (Å²) in [5.41, 5.74) is -0.291. The van der Waals surface area contributed by atoms with Crippen LogP contribution in [0, 0.1) is 5.82 Å². The molecule has 15 heavy (non-hydrogen) atoms. The van der Waals surface area contributed by atoms with Crippen LogP contribution in [0.25, 0.3) is 0 Å². The van der Waals surface area contributed by atoms with Crippen molar-refractivity contribution in [3.63, 3.8) is 0 Å². The Morgan fingerprint density at radius 1 is 1.67 bits per heavy atom. The Morgan fingerprint density at radius 3 is 2.73 bits per heavy atom. The maximum atomic E-state index is 13.5. The third-order valence-electron chi connectivity index (χ3n) is 1.79. The van der Waals surface area contributed by atoms with E-state index < -0.39 is 24.0 Å². The molecular weight excluding hydrogens is 227 g/mol. The number of carboxylic acid groups (broad SMARTS) is 1. The van der Waals surface area contributed by atoms with Crippen LogP contribution in [-0.4, -0.2) is 23.3 Å². The molecule has 6 heteroatoms. The Balaban J connectivity index is 3.33. The van der Waals surface area contributed by atoms with Crippen LogP contribution < -0.4 is 4.74 Å². The van der Waals surface area contributed by atoms with Crippen molar-refractivity contribution in [2.24, 2.45) is 0 Å². The molecule has 0 unspecified atom stereocenters. The number of methoxy groups -OCH3 is 1. The number of aliphatic carboxylic acids is 1. The molecule has 0 bridgehead atoms. The molecule has 0 heterocycles. The first-order chi connectivity index (χ1) is 6.97. The molecule has 0 saturated carbocycles. The zero-order valence-corrected chi connectivity index (χ0v) is 8.51. The summed E-state index contributed by atoms with van der Waals surface area (Å²) in [6.45, 7) is 0. The van der Waals surface area contributed by atoms with Gasteiger partial charge in [0.15, 0.2) is 11.6 Å². The normalized spacial score (nSPS) is 10.1. The van der Waals surface area contributed by atoms with Crippen LogP contribution in [0.2, 0.25) is 5.02 Å². The minimum Gasteiger partial charge on any atom is -0.506 e. The average molecular weight is 235 g/mol. The molecule has 0 aliphatic carbocycles. The highest BCUT2D eigenvalue weighted by Crippen LogP contribution is 2.35. The second kappa shape index (κ2) is 4.35. The molecule has 0 aromatic heterocycles. The van der Waals surface area contributed by atoms with E-state index in [9.17, 15) is 14.3 Å². The molecule has 2 N–H and O–H groups in total. The van der Waals surface area contributed by atoms with Gasteiger partial charge in [-0.15, -0.1) is 0 Å². The molecule has 1 aromatic rings. The van der Waals surface area contributed by atoms with E-state index in [1.54, 1.807) is 0 Å². The lowest BCUT2D eigenvalue weighted by Crippen LogP contribution is -2.04. The van der Waals surface area contributed by atoms with Crippen LogP contribution in [0.3, 0.4) is 0 Å². The van der Waals surface area contributed by atoms with Gasteiger partial charge in [0.05, 0.1) is 18.6 Å². The van der Waals surface area contributed by atoms with Gasteiger partial charge in [-0.1, -0.05) is 11.6 Å². The first kappa shape index (κ1) is 11.6. The van der Waals surface area contributed by atoms with Crippen molar-refractivity contribution in [3.8, 4) is 11.5 Å². The molecule has 1 rings (SSSR count). The highest BCUT2D eigenvalue weighted by Gasteiger charge is 2.19. The third-order valence-corrected chi connectivity index (χ3v) is 2.21. The Kier molecular flexibility index (Phi) is 3.36. The lowest BCUT2D eigenvalue weighted by Gasteiger charge is -2.09. The molecule has 0 radical (unpaired) electrons.